The molecule has 0 radical (unpaired) electrons. The van der Waals surface area contributed by atoms with Crippen molar-refractivity contribution in [1.82, 2.24) is 20.4 Å². The topological polar surface area (TPSA) is 130 Å². The monoisotopic (exact) mass is 744 g/mol. The summed E-state index contributed by atoms with van der Waals surface area (Å²) in [5.74, 6) is 0.351. The number of ether oxygens (including phenoxy) is 2. The molecular formula is C30H28Cl4N4O6S2. The van der Waals surface area contributed by atoms with Crippen molar-refractivity contribution in [3.63, 3.8) is 0 Å². The fourth-order valence-electron chi connectivity index (χ4n) is 5.20. The average molecular weight is 747 g/mol. The van der Waals surface area contributed by atoms with Gasteiger partial charge in [0.2, 0.25) is 11.8 Å². The van der Waals surface area contributed by atoms with Gasteiger partial charge in [-0.3, -0.25) is 9.59 Å². The number of benzene rings is 2. The van der Waals surface area contributed by atoms with Crippen LogP contribution < -0.4 is 0 Å². The molecule has 16 heteroatoms. The smallest absolute Gasteiger partial charge is 0.308 e. The van der Waals surface area contributed by atoms with Crippen LogP contribution in [-0.2, 0) is 19.1 Å². The van der Waals surface area contributed by atoms with Gasteiger partial charge in [0.1, 0.15) is 0 Å². The molecule has 244 valence electrons. The molecule has 2 fully saturated rings. The molecule has 0 amide bonds. The number of carbonyl (C=O) groups is 2. The zero-order chi connectivity index (χ0) is 32.8. The summed E-state index contributed by atoms with van der Waals surface area (Å²) < 4.78 is 20.9. The molecule has 2 saturated carbocycles. The minimum Gasteiger partial charge on any atom is -0.469 e. The summed E-state index contributed by atoms with van der Waals surface area (Å²) in [6.07, 6.45) is 5.02. The van der Waals surface area contributed by atoms with Crippen LogP contribution in [0, 0.1) is 11.8 Å². The van der Waals surface area contributed by atoms with E-state index in [2.05, 4.69) is 20.4 Å². The molecule has 2 aromatic heterocycles. The van der Waals surface area contributed by atoms with Gasteiger partial charge in [0.25, 0.3) is 10.4 Å². The second-order valence-electron chi connectivity index (χ2n) is 10.5. The van der Waals surface area contributed by atoms with Crippen molar-refractivity contribution in [2.45, 2.75) is 59.5 Å². The summed E-state index contributed by atoms with van der Waals surface area (Å²) in [5.41, 5.74) is 1.29. The number of rotatable bonds is 8. The van der Waals surface area contributed by atoms with Gasteiger partial charge < -0.3 is 18.3 Å². The first-order chi connectivity index (χ1) is 22.1. The third-order valence-electron chi connectivity index (χ3n) is 7.51. The van der Waals surface area contributed by atoms with E-state index in [0.29, 0.717) is 53.4 Å². The summed E-state index contributed by atoms with van der Waals surface area (Å²) in [4.78, 5) is 23.1. The van der Waals surface area contributed by atoms with Crippen molar-refractivity contribution in [2.75, 3.05) is 14.2 Å². The fraction of sp³-hybridized carbons (Fsp3) is 0.400. The Balaban J connectivity index is 0.000000181. The minimum atomic E-state index is -0.146. The standard InChI is InChI=1S/2C15H14Cl2N2O3S/c2*1-21-14(20)8-2-4-10(6-8)23-15-19-18-13(22-15)11-5-3-9(16)7-12(11)17/h2*3,5,7-8,10H,2,4,6H2,1H3/t8-,10+;8-,10-/m10/s1. The van der Waals surface area contributed by atoms with Crippen molar-refractivity contribution in [1.29, 1.82) is 0 Å². The lowest BCUT2D eigenvalue weighted by Gasteiger charge is -2.07. The molecule has 4 aromatic rings. The van der Waals surface area contributed by atoms with Crippen LogP contribution >= 0.6 is 69.9 Å². The molecule has 0 N–H and O–H groups in total. The van der Waals surface area contributed by atoms with E-state index >= 15 is 0 Å². The van der Waals surface area contributed by atoms with E-state index in [1.165, 1.54) is 37.7 Å². The largest absolute Gasteiger partial charge is 0.469 e. The Morgan fingerprint density at radius 1 is 0.674 bits per heavy atom. The molecule has 0 aliphatic heterocycles. The summed E-state index contributed by atoms with van der Waals surface area (Å²) in [5, 5.41) is 19.7. The number of hydrogen-bond acceptors (Lipinski definition) is 12. The van der Waals surface area contributed by atoms with Gasteiger partial charge in [0.05, 0.1) is 47.2 Å². The number of nitrogens with zero attached hydrogens (tertiary/aromatic N) is 4. The molecular weight excluding hydrogens is 718 g/mol. The molecule has 6 rings (SSSR count). The lowest BCUT2D eigenvalue weighted by Crippen LogP contribution is -2.13. The molecule has 2 aliphatic carbocycles. The molecule has 46 heavy (non-hydrogen) atoms. The van der Waals surface area contributed by atoms with Crippen molar-refractivity contribution in [3.05, 3.63) is 56.5 Å². The SMILES string of the molecule is COC(=O)[C@@H]1CC[C@H](Sc2nnc(-c3ccc(Cl)cc3Cl)o2)C1.COC(=O)[C@H]1CC[C@H](Sc2nnc(-c3ccc(Cl)cc3Cl)o2)C1. The number of halogens is 4. The minimum absolute atomic E-state index is 0.0365. The van der Waals surface area contributed by atoms with Crippen molar-refractivity contribution < 1.29 is 27.9 Å². The van der Waals surface area contributed by atoms with Crippen LogP contribution in [0.4, 0.5) is 0 Å². The van der Waals surface area contributed by atoms with Gasteiger partial charge >= 0.3 is 11.9 Å². The molecule has 0 bridgehead atoms. The van der Waals surface area contributed by atoms with Gasteiger partial charge in [-0.15, -0.1) is 20.4 Å². The first-order valence-corrected chi connectivity index (χ1v) is 17.5. The Labute approximate surface area is 293 Å². The molecule has 4 atom stereocenters. The summed E-state index contributed by atoms with van der Waals surface area (Å²) >= 11 is 27.0. The van der Waals surface area contributed by atoms with Crippen LogP contribution in [0.25, 0.3) is 22.9 Å². The third kappa shape index (κ3) is 8.90. The molecule has 10 nitrogen and oxygen atoms in total. The highest BCUT2D eigenvalue weighted by molar-refractivity contribution is 7.99. The zero-order valence-corrected chi connectivity index (χ0v) is 29.2. The number of methoxy groups -OCH3 is 2. The van der Waals surface area contributed by atoms with Gasteiger partial charge in [-0.25, -0.2) is 0 Å². The van der Waals surface area contributed by atoms with Gasteiger partial charge in [0.15, 0.2) is 0 Å². The highest BCUT2D eigenvalue weighted by Gasteiger charge is 2.33. The second-order valence-corrected chi connectivity index (χ2v) is 14.7. The van der Waals surface area contributed by atoms with Crippen LogP contribution in [0.3, 0.4) is 0 Å². The molecule has 2 aromatic carbocycles. The number of carbonyl (C=O) groups excluding carboxylic acids is 2. The van der Waals surface area contributed by atoms with Crippen LogP contribution in [0.15, 0.2) is 55.7 Å². The maximum atomic E-state index is 11.6. The zero-order valence-electron chi connectivity index (χ0n) is 24.6. The second kappa shape index (κ2) is 16.1. The number of esters is 2. The van der Waals surface area contributed by atoms with E-state index in [1.54, 1.807) is 36.4 Å². The van der Waals surface area contributed by atoms with E-state index in [4.69, 9.17) is 64.7 Å². The highest BCUT2D eigenvalue weighted by atomic mass is 35.5. The lowest BCUT2D eigenvalue weighted by atomic mass is 10.1. The molecule has 0 unspecified atom stereocenters. The fourth-order valence-corrected chi connectivity index (χ4v) is 8.34. The van der Waals surface area contributed by atoms with E-state index < -0.39 is 0 Å². The van der Waals surface area contributed by atoms with Crippen molar-refractivity contribution >= 4 is 81.9 Å². The third-order valence-corrected chi connectivity index (χ3v) is 10.9. The van der Waals surface area contributed by atoms with E-state index in [-0.39, 0.29) is 34.3 Å². The van der Waals surface area contributed by atoms with Gasteiger partial charge in [-0.05, 0) is 74.9 Å². The maximum Gasteiger partial charge on any atom is 0.308 e. The first-order valence-electron chi connectivity index (χ1n) is 14.2. The molecule has 2 heterocycles. The Morgan fingerprint density at radius 2 is 1.09 bits per heavy atom. The van der Waals surface area contributed by atoms with E-state index in [1.807, 2.05) is 0 Å². The normalized spacial score (nSPS) is 20.7. The summed E-state index contributed by atoms with van der Waals surface area (Å²) in [6.45, 7) is 0. The molecule has 2 aliphatic rings. The number of thioether (sulfide) groups is 2. The van der Waals surface area contributed by atoms with Crippen LogP contribution in [0.5, 0.6) is 0 Å². The first kappa shape index (κ1) is 34.8. The van der Waals surface area contributed by atoms with Crippen molar-refractivity contribution in [2.24, 2.45) is 11.8 Å². The quantitative estimate of drug-likeness (QED) is 0.160. The molecule has 0 spiro atoms. The Bertz CT molecular complexity index is 1570. The summed E-state index contributed by atoms with van der Waals surface area (Å²) in [6, 6.07) is 10.2. The Hall–Kier alpha value is -2.48. The highest BCUT2D eigenvalue weighted by Crippen LogP contribution is 2.40. The predicted molar refractivity (Wildman–Crippen MR) is 178 cm³/mol. The number of aromatic nitrogens is 4. The van der Waals surface area contributed by atoms with E-state index in [9.17, 15) is 9.59 Å². The van der Waals surface area contributed by atoms with Crippen LogP contribution in [0.2, 0.25) is 20.1 Å². The van der Waals surface area contributed by atoms with Gasteiger partial charge in [-0.2, -0.15) is 0 Å². The lowest BCUT2D eigenvalue weighted by molar-refractivity contribution is -0.146. The average Bonchev–Trinajstić information content (AvgIpc) is 3.86. The van der Waals surface area contributed by atoms with Crippen molar-refractivity contribution in [3.8, 4) is 22.9 Å². The van der Waals surface area contributed by atoms with Crippen LogP contribution in [-0.4, -0.2) is 57.1 Å². The van der Waals surface area contributed by atoms with Gasteiger partial charge in [-0.1, -0.05) is 69.9 Å². The Morgan fingerprint density at radius 3 is 1.46 bits per heavy atom. The molecule has 0 saturated heterocycles. The predicted octanol–water partition coefficient (Wildman–Crippen LogP) is 8.95. The number of hydrogen-bond donors (Lipinski definition) is 0. The maximum absolute atomic E-state index is 11.6. The Kier molecular flexibility index (Phi) is 12.2. The van der Waals surface area contributed by atoms with E-state index in [0.717, 1.165) is 38.5 Å². The van der Waals surface area contributed by atoms with Gasteiger partial charge in [0, 0.05) is 20.5 Å². The van der Waals surface area contributed by atoms with Crippen LogP contribution in [0.1, 0.15) is 38.5 Å². The summed E-state index contributed by atoms with van der Waals surface area (Å²) in [7, 11) is 2.84.